The van der Waals surface area contributed by atoms with Gasteiger partial charge in [0.05, 0.1) is 6.20 Å². The zero-order valence-electron chi connectivity index (χ0n) is 4.93. The predicted octanol–water partition coefficient (Wildman–Crippen LogP) is 0.269. The molecular weight excluding hydrogens is 102 g/mol. The number of Topliss-reactive ketones (excluding diaryl/α,β-unsaturated/α-hetero) is 1. The second-order valence-corrected chi connectivity index (χ2v) is 1.91. The van der Waals surface area contributed by atoms with E-state index in [9.17, 15) is 4.79 Å². The second kappa shape index (κ2) is 1.62. The van der Waals surface area contributed by atoms with Crippen LogP contribution < -0.4 is 5.32 Å². The number of rotatable bonds is 0. The normalized spacial score (nSPS) is 27.5. The average molecular weight is 109 g/mol. The highest BCUT2D eigenvalue weighted by Gasteiger charge is 2.20. The van der Waals surface area contributed by atoms with Crippen LogP contribution in [0.5, 0.6) is 0 Å². The van der Waals surface area contributed by atoms with E-state index in [-0.39, 0.29) is 11.8 Å². The first-order valence-electron chi connectivity index (χ1n) is 2.55. The molecule has 0 aromatic heterocycles. The van der Waals surface area contributed by atoms with E-state index in [0.717, 1.165) is 0 Å². The highest BCUT2D eigenvalue weighted by molar-refractivity contribution is 5.99. The van der Waals surface area contributed by atoms with Crippen molar-refractivity contribution in [3.8, 4) is 0 Å². The van der Waals surface area contributed by atoms with Gasteiger partial charge in [0.25, 0.3) is 0 Å². The SMILES string of the molecule is CC1=[C][N]C(C)C1=O. The maximum atomic E-state index is 10.7. The lowest BCUT2D eigenvalue weighted by molar-refractivity contribution is -0.116. The summed E-state index contributed by atoms with van der Waals surface area (Å²) in [7, 11) is 0. The van der Waals surface area contributed by atoms with Gasteiger partial charge in [0.2, 0.25) is 0 Å². The second-order valence-electron chi connectivity index (χ2n) is 1.91. The molecular formula is C6H7NO. The molecule has 0 N–H and O–H groups in total. The molecule has 0 bridgehead atoms. The summed E-state index contributed by atoms with van der Waals surface area (Å²) in [6, 6.07) is -0.171. The van der Waals surface area contributed by atoms with Crippen LogP contribution in [-0.2, 0) is 4.79 Å². The van der Waals surface area contributed by atoms with Gasteiger partial charge in [0.1, 0.15) is 6.04 Å². The van der Waals surface area contributed by atoms with Gasteiger partial charge in [0.15, 0.2) is 5.78 Å². The number of hydrogen-bond donors (Lipinski definition) is 0. The molecule has 0 fully saturated rings. The van der Waals surface area contributed by atoms with Crippen molar-refractivity contribution in [3.63, 3.8) is 0 Å². The van der Waals surface area contributed by atoms with E-state index >= 15 is 0 Å². The first-order valence-corrected chi connectivity index (χ1v) is 2.55. The van der Waals surface area contributed by atoms with Crippen molar-refractivity contribution in [2.24, 2.45) is 0 Å². The lowest BCUT2D eigenvalue weighted by Gasteiger charge is -1.94. The summed E-state index contributed by atoms with van der Waals surface area (Å²) in [4.78, 5) is 10.7. The van der Waals surface area contributed by atoms with Crippen LogP contribution in [0.3, 0.4) is 0 Å². The highest BCUT2D eigenvalue weighted by Crippen LogP contribution is 2.05. The van der Waals surface area contributed by atoms with Crippen molar-refractivity contribution >= 4 is 5.78 Å². The molecule has 0 aromatic carbocycles. The Morgan fingerprint density at radius 2 is 2.38 bits per heavy atom. The quantitative estimate of drug-likeness (QED) is 0.439. The van der Waals surface area contributed by atoms with Crippen molar-refractivity contribution in [2.75, 3.05) is 0 Å². The first-order chi connectivity index (χ1) is 3.72. The molecule has 1 aliphatic heterocycles. The zero-order valence-corrected chi connectivity index (χ0v) is 4.93. The van der Waals surface area contributed by atoms with Crippen LogP contribution in [0.25, 0.3) is 0 Å². The van der Waals surface area contributed by atoms with Gasteiger partial charge >= 0.3 is 0 Å². The van der Waals surface area contributed by atoms with Crippen LogP contribution in [-0.4, -0.2) is 11.8 Å². The van der Waals surface area contributed by atoms with Crippen LogP contribution in [0.1, 0.15) is 13.8 Å². The Morgan fingerprint density at radius 1 is 1.75 bits per heavy atom. The third-order valence-corrected chi connectivity index (χ3v) is 1.17. The van der Waals surface area contributed by atoms with Gasteiger partial charge in [-0.2, -0.15) is 0 Å². The molecule has 1 unspecified atom stereocenters. The molecule has 0 saturated carbocycles. The number of ketones is 1. The standard InChI is InChI=1S/C6H7NO/c1-4-3-7-5(2)6(4)8/h5H,1-2H3. The Morgan fingerprint density at radius 3 is 2.50 bits per heavy atom. The fraction of sp³-hybridized carbons (Fsp3) is 0.500. The van der Waals surface area contributed by atoms with Crippen molar-refractivity contribution in [1.82, 2.24) is 5.32 Å². The Kier molecular flexibility index (Phi) is 1.08. The molecule has 1 rings (SSSR count). The van der Waals surface area contributed by atoms with Gasteiger partial charge in [-0.05, 0) is 13.8 Å². The van der Waals surface area contributed by atoms with Crippen molar-refractivity contribution in [2.45, 2.75) is 19.9 Å². The monoisotopic (exact) mass is 109 g/mol. The minimum Gasteiger partial charge on any atom is -0.292 e. The van der Waals surface area contributed by atoms with E-state index in [1.165, 1.54) is 0 Å². The molecule has 1 aliphatic rings. The summed E-state index contributed by atoms with van der Waals surface area (Å²) in [5.74, 6) is 0.102. The smallest absolute Gasteiger partial charge is 0.184 e. The van der Waals surface area contributed by atoms with E-state index in [0.29, 0.717) is 5.57 Å². The van der Waals surface area contributed by atoms with Crippen LogP contribution >= 0.6 is 0 Å². The third kappa shape index (κ3) is 0.619. The fourth-order valence-corrected chi connectivity index (χ4v) is 0.621. The summed E-state index contributed by atoms with van der Waals surface area (Å²) >= 11 is 0. The molecule has 8 heavy (non-hydrogen) atoms. The van der Waals surface area contributed by atoms with E-state index in [2.05, 4.69) is 11.5 Å². The molecule has 0 saturated heterocycles. The summed E-state index contributed by atoms with van der Waals surface area (Å²) in [6.07, 6.45) is 2.61. The van der Waals surface area contributed by atoms with Gasteiger partial charge in [-0.25, -0.2) is 0 Å². The zero-order chi connectivity index (χ0) is 6.15. The lowest BCUT2D eigenvalue weighted by Crippen LogP contribution is -2.17. The molecule has 2 nitrogen and oxygen atoms in total. The predicted molar refractivity (Wildman–Crippen MR) is 29.0 cm³/mol. The van der Waals surface area contributed by atoms with Crippen LogP contribution in [0.2, 0.25) is 0 Å². The summed E-state index contributed by atoms with van der Waals surface area (Å²) in [5, 5.41) is 3.76. The third-order valence-electron chi connectivity index (χ3n) is 1.17. The maximum Gasteiger partial charge on any atom is 0.184 e. The van der Waals surface area contributed by atoms with Crippen molar-refractivity contribution in [3.05, 3.63) is 11.8 Å². The van der Waals surface area contributed by atoms with E-state index in [1.807, 2.05) is 0 Å². The van der Waals surface area contributed by atoms with E-state index in [4.69, 9.17) is 0 Å². The van der Waals surface area contributed by atoms with Gasteiger partial charge in [0, 0.05) is 5.57 Å². The molecule has 42 valence electrons. The van der Waals surface area contributed by atoms with E-state index < -0.39 is 0 Å². The molecule has 2 heteroatoms. The Labute approximate surface area is 48.6 Å². The van der Waals surface area contributed by atoms with Crippen LogP contribution in [0, 0.1) is 6.20 Å². The summed E-state index contributed by atoms with van der Waals surface area (Å²) in [6.45, 7) is 3.50. The molecule has 0 aromatic rings. The van der Waals surface area contributed by atoms with Gasteiger partial charge < -0.3 is 0 Å². The summed E-state index contributed by atoms with van der Waals surface area (Å²) < 4.78 is 0. The van der Waals surface area contributed by atoms with Crippen LogP contribution in [0.15, 0.2) is 5.57 Å². The molecule has 1 heterocycles. The van der Waals surface area contributed by atoms with Crippen LogP contribution in [0.4, 0.5) is 0 Å². The first kappa shape index (κ1) is 5.35. The number of nitrogens with zero attached hydrogens (tertiary/aromatic N) is 1. The largest absolute Gasteiger partial charge is 0.292 e. The Hall–Kier alpha value is -0.790. The lowest BCUT2D eigenvalue weighted by atomic mass is 10.2. The maximum absolute atomic E-state index is 10.7. The van der Waals surface area contributed by atoms with Gasteiger partial charge in [-0.3, -0.25) is 10.1 Å². The van der Waals surface area contributed by atoms with Gasteiger partial charge in [-0.1, -0.05) is 0 Å². The average Bonchev–Trinajstić information content (AvgIpc) is 1.98. The summed E-state index contributed by atoms with van der Waals surface area (Å²) in [5.41, 5.74) is 0.650. The molecule has 0 aliphatic carbocycles. The minimum atomic E-state index is -0.171. The topological polar surface area (TPSA) is 31.2 Å². The van der Waals surface area contributed by atoms with Gasteiger partial charge in [-0.15, -0.1) is 0 Å². The van der Waals surface area contributed by atoms with E-state index in [1.54, 1.807) is 13.8 Å². The Bertz CT molecular complexity index is 149. The molecule has 2 radical (unpaired) electrons. The number of carbonyl (C=O) groups excluding carboxylic acids is 1. The highest BCUT2D eigenvalue weighted by atomic mass is 16.1. The molecule has 0 amide bonds. The Balaban J connectivity index is 2.73. The van der Waals surface area contributed by atoms with Crippen molar-refractivity contribution < 1.29 is 4.79 Å². The number of hydrogen-bond acceptors (Lipinski definition) is 1. The minimum absolute atomic E-state index is 0.102. The fourth-order valence-electron chi connectivity index (χ4n) is 0.621. The molecule has 0 spiro atoms. The number of carbonyl (C=O) groups is 1. The van der Waals surface area contributed by atoms with Crippen molar-refractivity contribution in [1.29, 1.82) is 0 Å². The molecule has 1 atom stereocenters.